The number of aryl methyl sites for hydroxylation is 1. The van der Waals surface area contributed by atoms with Crippen LogP contribution in [0.25, 0.3) is 0 Å². The number of amides is 1. The second-order valence-electron chi connectivity index (χ2n) is 6.45. The number of ether oxygens (including phenoxy) is 1. The molecule has 3 nitrogen and oxygen atoms in total. The SMILES string of the molecule is Cc1cc(CSc2ccccc2)ccc1NC(=O)[C@H](C)Oc1ccc(F)cc1. The highest BCUT2D eigenvalue weighted by molar-refractivity contribution is 7.98. The average molecular weight is 395 g/mol. The van der Waals surface area contributed by atoms with Gasteiger partial charge in [0.25, 0.3) is 5.91 Å². The fraction of sp³-hybridized carbons (Fsp3) is 0.174. The fourth-order valence-corrected chi connectivity index (χ4v) is 3.51. The third-order valence-electron chi connectivity index (χ3n) is 4.19. The molecule has 0 heterocycles. The van der Waals surface area contributed by atoms with Gasteiger partial charge < -0.3 is 10.1 Å². The van der Waals surface area contributed by atoms with Crippen LogP contribution in [0.5, 0.6) is 5.75 Å². The van der Waals surface area contributed by atoms with Gasteiger partial charge in [0.1, 0.15) is 11.6 Å². The molecule has 3 aromatic rings. The normalized spacial score (nSPS) is 11.7. The van der Waals surface area contributed by atoms with Gasteiger partial charge in [-0.1, -0.05) is 30.3 Å². The molecule has 1 amide bonds. The number of nitrogens with one attached hydrogen (secondary N) is 1. The van der Waals surface area contributed by atoms with Gasteiger partial charge in [0.15, 0.2) is 6.10 Å². The molecule has 0 fully saturated rings. The zero-order chi connectivity index (χ0) is 19.9. The number of halogens is 1. The molecule has 1 atom stereocenters. The highest BCUT2D eigenvalue weighted by atomic mass is 32.2. The second-order valence-corrected chi connectivity index (χ2v) is 7.50. The van der Waals surface area contributed by atoms with Crippen molar-refractivity contribution in [1.82, 2.24) is 0 Å². The van der Waals surface area contributed by atoms with Crippen LogP contribution in [0.2, 0.25) is 0 Å². The molecule has 28 heavy (non-hydrogen) atoms. The number of carbonyl (C=O) groups excluding carboxylic acids is 1. The van der Waals surface area contributed by atoms with Gasteiger partial charge in [-0.3, -0.25) is 4.79 Å². The van der Waals surface area contributed by atoms with Crippen LogP contribution in [0.4, 0.5) is 10.1 Å². The van der Waals surface area contributed by atoms with Crippen molar-refractivity contribution in [1.29, 1.82) is 0 Å². The lowest BCUT2D eigenvalue weighted by Crippen LogP contribution is -2.30. The first-order valence-electron chi connectivity index (χ1n) is 9.02. The monoisotopic (exact) mass is 395 g/mol. The summed E-state index contributed by atoms with van der Waals surface area (Å²) in [6.45, 7) is 3.64. The Morgan fingerprint density at radius 1 is 1.07 bits per heavy atom. The maximum absolute atomic E-state index is 13.0. The van der Waals surface area contributed by atoms with Crippen LogP contribution < -0.4 is 10.1 Å². The van der Waals surface area contributed by atoms with Crippen molar-refractivity contribution in [3.63, 3.8) is 0 Å². The molecule has 0 radical (unpaired) electrons. The third kappa shape index (κ3) is 5.60. The first kappa shape index (κ1) is 20.0. The first-order chi connectivity index (χ1) is 13.5. The quantitative estimate of drug-likeness (QED) is 0.511. The van der Waals surface area contributed by atoms with Gasteiger partial charge in [-0.05, 0) is 67.4 Å². The lowest BCUT2D eigenvalue weighted by atomic mass is 10.1. The molecule has 0 saturated carbocycles. The topological polar surface area (TPSA) is 38.3 Å². The van der Waals surface area contributed by atoms with E-state index >= 15 is 0 Å². The van der Waals surface area contributed by atoms with Crippen molar-refractivity contribution in [2.24, 2.45) is 0 Å². The van der Waals surface area contributed by atoms with Crippen molar-refractivity contribution < 1.29 is 13.9 Å². The standard InChI is InChI=1S/C23H22FNO2S/c1-16-14-18(15-28-21-6-4-3-5-7-21)8-13-22(16)25-23(26)17(2)27-20-11-9-19(24)10-12-20/h3-14,17H,15H2,1-2H3,(H,25,26)/t17-/m0/s1. The van der Waals surface area contributed by atoms with E-state index in [1.54, 1.807) is 18.7 Å². The molecule has 3 rings (SSSR count). The summed E-state index contributed by atoms with van der Waals surface area (Å²) in [5.74, 6) is 0.724. The Labute approximate surface area is 168 Å². The molecule has 0 aliphatic carbocycles. The molecule has 5 heteroatoms. The lowest BCUT2D eigenvalue weighted by Gasteiger charge is -2.16. The Bertz CT molecular complexity index is 929. The molecule has 0 aliphatic heterocycles. The molecular formula is C23H22FNO2S. The second kappa shape index (κ2) is 9.42. The zero-order valence-electron chi connectivity index (χ0n) is 15.8. The van der Waals surface area contributed by atoms with E-state index in [1.165, 1.54) is 34.7 Å². The van der Waals surface area contributed by atoms with E-state index in [9.17, 15) is 9.18 Å². The van der Waals surface area contributed by atoms with E-state index in [-0.39, 0.29) is 11.7 Å². The maximum atomic E-state index is 13.0. The van der Waals surface area contributed by atoms with E-state index < -0.39 is 6.10 Å². The van der Waals surface area contributed by atoms with E-state index in [4.69, 9.17) is 4.74 Å². The van der Waals surface area contributed by atoms with E-state index in [0.29, 0.717) is 5.75 Å². The third-order valence-corrected chi connectivity index (χ3v) is 5.28. The summed E-state index contributed by atoms with van der Waals surface area (Å²) in [5, 5.41) is 2.90. The molecule has 0 spiro atoms. The van der Waals surface area contributed by atoms with Crippen molar-refractivity contribution >= 4 is 23.4 Å². The molecule has 1 N–H and O–H groups in total. The van der Waals surface area contributed by atoms with Crippen molar-refractivity contribution in [3.05, 3.63) is 89.7 Å². The number of benzene rings is 3. The highest BCUT2D eigenvalue weighted by Gasteiger charge is 2.16. The summed E-state index contributed by atoms with van der Waals surface area (Å²) in [6.07, 6.45) is -0.696. The van der Waals surface area contributed by atoms with Gasteiger partial charge in [0.2, 0.25) is 0 Å². The number of anilines is 1. The van der Waals surface area contributed by atoms with Crippen LogP contribution in [0.15, 0.2) is 77.7 Å². The largest absolute Gasteiger partial charge is 0.481 e. The fourth-order valence-electron chi connectivity index (χ4n) is 2.64. The minimum Gasteiger partial charge on any atom is -0.481 e. The highest BCUT2D eigenvalue weighted by Crippen LogP contribution is 2.25. The van der Waals surface area contributed by atoms with Gasteiger partial charge in [-0.2, -0.15) is 0 Å². The van der Waals surface area contributed by atoms with Gasteiger partial charge in [0.05, 0.1) is 0 Å². The van der Waals surface area contributed by atoms with Crippen LogP contribution in [0.3, 0.4) is 0 Å². The summed E-state index contributed by atoms with van der Waals surface area (Å²) in [5.41, 5.74) is 2.95. The van der Waals surface area contributed by atoms with Gasteiger partial charge >= 0.3 is 0 Å². The number of thioether (sulfide) groups is 1. The summed E-state index contributed by atoms with van der Waals surface area (Å²) in [4.78, 5) is 13.6. The molecule has 0 aromatic heterocycles. The molecule has 0 saturated heterocycles. The Kier molecular flexibility index (Phi) is 6.71. The summed E-state index contributed by atoms with van der Waals surface area (Å²) < 4.78 is 18.5. The lowest BCUT2D eigenvalue weighted by molar-refractivity contribution is -0.122. The van der Waals surface area contributed by atoms with E-state index in [2.05, 4.69) is 23.5 Å². The first-order valence-corrected chi connectivity index (χ1v) is 10.0. The smallest absolute Gasteiger partial charge is 0.265 e. The summed E-state index contributed by atoms with van der Waals surface area (Å²) in [6, 6.07) is 21.9. The molecular weight excluding hydrogens is 373 g/mol. The maximum Gasteiger partial charge on any atom is 0.265 e. The van der Waals surface area contributed by atoms with Crippen LogP contribution in [0.1, 0.15) is 18.1 Å². The van der Waals surface area contributed by atoms with Crippen molar-refractivity contribution in [3.8, 4) is 5.75 Å². The average Bonchev–Trinajstić information content (AvgIpc) is 2.70. The number of hydrogen-bond acceptors (Lipinski definition) is 3. The Balaban J connectivity index is 1.57. The Morgan fingerprint density at radius 2 is 1.79 bits per heavy atom. The van der Waals surface area contributed by atoms with E-state index in [1.807, 2.05) is 37.3 Å². The predicted molar refractivity (Wildman–Crippen MR) is 112 cm³/mol. The Morgan fingerprint density at radius 3 is 2.46 bits per heavy atom. The van der Waals surface area contributed by atoms with Crippen LogP contribution in [-0.2, 0) is 10.5 Å². The summed E-state index contributed by atoms with van der Waals surface area (Å²) >= 11 is 1.78. The minimum atomic E-state index is -0.696. The van der Waals surface area contributed by atoms with Crippen molar-refractivity contribution in [2.75, 3.05) is 5.32 Å². The summed E-state index contributed by atoms with van der Waals surface area (Å²) in [7, 11) is 0. The van der Waals surface area contributed by atoms with Gasteiger partial charge in [-0.25, -0.2) is 4.39 Å². The molecule has 0 bridgehead atoms. The molecule has 144 valence electrons. The molecule has 3 aromatic carbocycles. The zero-order valence-corrected chi connectivity index (χ0v) is 16.6. The van der Waals surface area contributed by atoms with Crippen LogP contribution in [-0.4, -0.2) is 12.0 Å². The predicted octanol–water partition coefficient (Wildman–Crippen LogP) is 5.83. The van der Waals surface area contributed by atoms with E-state index in [0.717, 1.165) is 17.0 Å². The van der Waals surface area contributed by atoms with Crippen LogP contribution in [0, 0.1) is 12.7 Å². The molecule has 0 aliphatic rings. The van der Waals surface area contributed by atoms with Gasteiger partial charge in [0, 0.05) is 16.3 Å². The van der Waals surface area contributed by atoms with Crippen LogP contribution >= 0.6 is 11.8 Å². The minimum absolute atomic E-state index is 0.251. The van der Waals surface area contributed by atoms with Crippen molar-refractivity contribution in [2.45, 2.75) is 30.6 Å². The number of rotatable bonds is 7. The number of carbonyl (C=O) groups is 1. The Hall–Kier alpha value is -2.79. The molecule has 0 unspecified atom stereocenters. The number of hydrogen-bond donors (Lipinski definition) is 1. The van der Waals surface area contributed by atoms with Gasteiger partial charge in [-0.15, -0.1) is 11.8 Å².